The first-order chi connectivity index (χ1) is 7.81. The van der Waals surface area contributed by atoms with Gasteiger partial charge in [0, 0.05) is 11.6 Å². The molecule has 0 aliphatic heterocycles. The molecule has 0 atom stereocenters. The predicted molar refractivity (Wildman–Crippen MR) is 60.4 cm³/mol. The maximum Gasteiger partial charge on any atom is 0.569 e. The van der Waals surface area contributed by atoms with E-state index in [1.807, 2.05) is 30.3 Å². The summed E-state index contributed by atoms with van der Waals surface area (Å²) >= 11 is 0. The minimum Gasteiger partial charge on any atom is -0.537 e. The monoisotopic (exact) mass is 215 g/mol. The Balaban J connectivity index is 2.37. The van der Waals surface area contributed by atoms with Crippen molar-refractivity contribution in [2.75, 3.05) is 0 Å². The molecule has 0 bridgehead atoms. The Morgan fingerprint density at radius 3 is 2.44 bits per heavy atom. The number of halogens is 1. The molecule has 0 spiro atoms. The van der Waals surface area contributed by atoms with Crippen LogP contribution in [0.2, 0.25) is 0 Å². The van der Waals surface area contributed by atoms with E-state index in [1.54, 1.807) is 12.1 Å². The Kier molecular flexibility index (Phi) is 3.22. The summed E-state index contributed by atoms with van der Waals surface area (Å²) in [7, 11) is 0.525. The van der Waals surface area contributed by atoms with E-state index in [9.17, 15) is 4.39 Å². The van der Waals surface area contributed by atoms with Gasteiger partial charge in [0.05, 0.1) is 0 Å². The van der Waals surface area contributed by atoms with Gasteiger partial charge in [-0.05, 0) is 17.7 Å². The summed E-state index contributed by atoms with van der Waals surface area (Å²) in [5.41, 5.74) is 1.31. The molecule has 0 aromatic heterocycles. The molecule has 0 unspecified atom stereocenters. The molecule has 4 heteroatoms. The summed E-state index contributed by atoms with van der Waals surface area (Å²) in [5.74, 6) is -0.120. The summed E-state index contributed by atoms with van der Waals surface area (Å²) in [6.45, 7) is 0. The second kappa shape index (κ2) is 4.81. The lowest BCUT2D eigenvalue weighted by molar-refractivity contribution is 0.451. The van der Waals surface area contributed by atoms with Gasteiger partial charge in [-0.1, -0.05) is 30.3 Å². The van der Waals surface area contributed by atoms with Crippen molar-refractivity contribution >= 4 is 7.69 Å². The van der Waals surface area contributed by atoms with Crippen LogP contribution in [-0.2, 0) is 0 Å². The van der Waals surface area contributed by atoms with Crippen LogP contribution < -0.4 is 4.65 Å². The Morgan fingerprint density at radius 2 is 1.81 bits per heavy atom. The van der Waals surface area contributed by atoms with Gasteiger partial charge in [-0.2, -0.15) is 0 Å². The van der Waals surface area contributed by atoms with E-state index in [0.29, 0.717) is 13.2 Å². The Hall–Kier alpha value is -1.81. The van der Waals surface area contributed by atoms with Gasteiger partial charge in [-0.15, -0.1) is 0 Å². The van der Waals surface area contributed by atoms with E-state index in [2.05, 4.69) is 4.65 Å². The molecule has 0 aliphatic rings. The van der Waals surface area contributed by atoms with Crippen molar-refractivity contribution in [1.82, 2.24) is 0 Å². The first kappa shape index (κ1) is 10.7. The molecule has 1 radical (unpaired) electrons. The van der Waals surface area contributed by atoms with Gasteiger partial charge in [0.2, 0.25) is 0 Å². The fourth-order valence-electron chi connectivity index (χ4n) is 1.48. The molecule has 2 rings (SSSR count). The largest absolute Gasteiger partial charge is 0.569 e. The Bertz CT molecular complexity index is 474. The summed E-state index contributed by atoms with van der Waals surface area (Å²) in [6.07, 6.45) is 0. The predicted octanol–water partition coefficient (Wildman–Crippen LogP) is 2.40. The lowest BCUT2D eigenvalue weighted by Gasteiger charge is -2.06. The quantitative estimate of drug-likeness (QED) is 0.796. The van der Waals surface area contributed by atoms with E-state index in [1.165, 1.54) is 6.07 Å². The van der Waals surface area contributed by atoms with E-state index < -0.39 is 0 Å². The minimum atomic E-state index is -0.384. The molecule has 16 heavy (non-hydrogen) atoms. The Morgan fingerprint density at radius 1 is 1.06 bits per heavy atom. The smallest absolute Gasteiger partial charge is 0.537 e. The summed E-state index contributed by atoms with van der Waals surface area (Å²) in [4.78, 5) is 0. The molecule has 0 saturated heterocycles. The van der Waals surface area contributed by atoms with E-state index in [0.717, 1.165) is 5.56 Å². The zero-order valence-corrected chi connectivity index (χ0v) is 8.43. The van der Waals surface area contributed by atoms with Crippen molar-refractivity contribution in [1.29, 1.82) is 0 Å². The first-order valence-corrected chi connectivity index (χ1v) is 4.79. The highest BCUT2D eigenvalue weighted by Crippen LogP contribution is 2.25. The van der Waals surface area contributed by atoms with Crippen LogP contribution in [0.25, 0.3) is 11.1 Å². The minimum absolute atomic E-state index is 0.264. The molecule has 0 amide bonds. The van der Waals surface area contributed by atoms with Crippen LogP contribution >= 0.6 is 0 Å². The van der Waals surface area contributed by atoms with Crippen molar-refractivity contribution in [3.63, 3.8) is 0 Å². The zero-order valence-electron chi connectivity index (χ0n) is 8.43. The SMILES string of the molecule is O[B]Oc1ccc(-c2ccccc2)c(F)c1. The fourth-order valence-corrected chi connectivity index (χ4v) is 1.48. The lowest BCUT2D eigenvalue weighted by atomic mass is 10.1. The van der Waals surface area contributed by atoms with Gasteiger partial charge in [0.15, 0.2) is 0 Å². The summed E-state index contributed by atoms with van der Waals surface area (Å²) < 4.78 is 18.4. The molecule has 0 saturated carbocycles. The van der Waals surface area contributed by atoms with Crippen LogP contribution in [0.1, 0.15) is 0 Å². The van der Waals surface area contributed by atoms with E-state index >= 15 is 0 Å². The second-order valence-electron chi connectivity index (χ2n) is 3.23. The van der Waals surface area contributed by atoms with Gasteiger partial charge in [-0.25, -0.2) is 4.39 Å². The fraction of sp³-hybridized carbons (Fsp3) is 0. The van der Waals surface area contributed by atoms with Crippen molar-refractivity contribution < 1.29 is 14.1 Å². The third kappa shape index (κ3) is 2.23. The lowest BCUT2D eigenvalue weighted by Crippen LogP contribution is -2.00. The van der Waals surface area contributed by atoms with Crippen LogP contribution in [0.5, 0.6) is 5.75 Å². The van der Waals surface area contributed by atoms with Gasteiger partial charge in [-0.3, -0.25) is 0 Å². The topological polar surface area (TPSA) is 29.5 Å². The molecule has 1 N–H and O–H groups in total. The first-order valence-electron chi connectivity index (χ1n) is 4.79. The van der Waals surface area contributed by atoms with Crippen molar-refractivity contribution in [2.24, 2.45) is 0 Å². The number of rotatable bonds is 3. The average molecular weight is 215 g/mol. The molecule has 79 valence electrons. The molecular weight excluding hydrogens is 206 g/mol. The maximum atomic E-state index is 13.7. The highest BCUT2D eigenvalue weighted by molar-refractivity contribution is 6.17. The van der Waals surface area contributed by atoms with Crippen LogP contribution in [-0.4, -0.2) is 12.7 Å². The molecule has 2 aromatic carbocycles. The van der Waals surface area contributed by atoms with Crippen molar-refractivity contribution in [2.45, 2.75) is 0 Å². The number of benzene rings is 2. The maximum absolute atomic E-state index is 13.7. The molecule has 0 heterocycles. The Labute approximate surface area is 93.6 Å². The highest BCUT2D eigenvalue weighted by Gasteiger charge is 2.06. The standard InChI is InChI=1S/C12H9BFO2/c14-12-8-10(16-13-15)6-7-11(12)9-4-2-1-3-5-9/h1-8,15H. The molecular formula is C12H9BFO2. The zero-order chi connectivity index (χ0) is 11.4. The molecule has 0 fully saturated rings. The van der Waals surface area contributed by atoms with Gasteiger partial charge in [0.25, 0.3) is 0 Å². The number of hydrogen-bond donors (Lipinski definition) is 1. The van der Waals surface area contributed by atoms with Crippen LogP contribution in [0.3, 0.4) is 0 Å². The summed E-state index contributed by atoms with van der Waals surface area (Å²) in [6, 6.07) is 13.7. The van der Waals surface area contributed by atoms with Gasteiger partial charge in [0.1, 0.15) is 11.6 Å². The molecule has 2 nitrogen and oxygen atoms in total. The highest BCUT2D eigenvalue weighted by atomic mass is 19.1. The second-order valence-corrected chi connectivity index (χ2v) is 3.23. The van der Waals surface area contributed by atoms with Gasteiger partial charge < -0.3 is 9.68 Å². The van der Waals surface area contributed by atoms with Crippen LogP contribution in [0.4, 0.5) is 4.39 Å². The third-order valence-corrected chi connectivity index (χ3v) is 2.21. The van der Waals surface area contributed by atoms with Crippen molar-refractivity contribution in [3.8, 4) is 16.9 Å². The van der Waals surface area contributed by atoms with Crippen LogP contribution in [0.15, 0.2) is 48.5 Å². The normalized spacial score (nSPS) is 9.88. The van der Waals surface area contributed by atoms with Crippen LogP contribution in [0, 0.1) is 5.82 Å². The van der Waals surface area contributed by atoms with E-state index in [-0.39, 0.29) is 11.6 Å². The average Bonchev–Trinajstić information content (AvgIpc) is 2.31. The summed E-state index contributed by atoms with van der Waals surface area (Å²) in [5, 5.41) is 8.43. The molecule has 2 aromatic rings. The van der Waals surface area contributed by atoms with E-state index in [4.69, 9.17) is 5.02 Å². The molecule has 0 aliphatic carbocycles. The van der Waals surface area contributed by atoms with Gasteiger partial charge >= 0.3 is 7.69 Å². The third-order valence-electron chi connectivity index (χ3n) is 2.21. The van der Waals surface area contributed by atoms with Crippen molar-refractivity contribution in [3.05, 3.63) is 54.3 Å². The number of hydrogen-bond acceptors (Lipinski definition) is 2.